The van der Waals surface area contributed by atoms with Gasteiger partial charge in [0, 0.05) is 31.7 Å². The van der Waals surface area contributed by atoms with Crippen LogP contribution in [-0.2, 0) is 4.79 Å². The number of hydrogen-bond acceptors (Lipinski definition) is 5. The lowest BCUT2D eigenvalue weighted by Gasteiger charge is -2.40. The summed E-state index contributed by atoms with van der Waals surface area (Å²) >= 11 is 0. The lowest BCUT2D eigenvalue weighted by Crippen LogP contribution is -2.50. The summed E-state index contributed by atoms with van der Waals surface area (Å²) in [5.74, 6) is 2.63. The van der Waals surface area contributed by atoms with Gasteiger partial charge in [-0.2, -0.15) is 0 Å². The third-order valence-electron chi connectivity index (χ3n) is 5.63. The molecule has 6 nitrogen and oxygen atoms in total. The van der Waals surface area contributed by atoms with Crippen LogP contribution in [0.2, 0.25) is 0 Å². The molecule has 0 radical (unpaired) electrons. The highest BCUT2D eigenvalue weighted by Gasteiger charge is 2.42. The Hall–Kier alpha value is -1.85. The summed E-state index contributed by atoms with van der Waals surface area (Å²) in [6.07, 6.45) is 7.55. The molecule has 1 aromatic heterocycles. The van der Waals surface area contributed by atoms with Crippen molar-refractivity contribution < 1.29 is 9.53 Å². The van der Waals surface area contributed by atoms with Crippen molar-refractivity contribution in [3.05, 3.63) is 12.4 Å². The van der Waals surface area contributed by atoms with Crippen LogP contribution >= 0.6 is 0 Å². The zero-order valence-electron chi connectivity index (χ0n) is 13.6. The summed E-state index contributed by atoms with van der Waals surface area (Å²) in [5, 5.41) is 0. The molecule has 0 N–H and O–H groups in total. The Labute approximate surface area is 136 Å². The first-order valence-electron chi connectivity index (χ1n) is 8.66. The first kappa shape index (κ1) is 14.7. The highest BCUT2D eigenvalue weighted by atomic mass is 16.5. The zero-order chi connectivity index (χ0) is 15.8. The lowest BCUT2D eigenvalue weighted by molar-refractivity contribution is -0.141. The maximum Gasteiger partial charge on any atom is 0.227 e. The van der Waals surface area contributed by atoms with Crippen molar-refractivity contribution in [1.29, 1.82) is 0 Å². The normalized spacial score (nSPS) is 27.8. The van der Waals surface area contributed by atoms with E-state index in [1.165, 1.54) is 25.6 Å². The maximum atomic E-state index is 12.8. The van der Waals surface area contributed by atoms with Crippen LogP contribution in [0.5, 0.6) is 5.88 Å². The molecule has 3 saturated heterocycles. The van der Waals surface area contributed by atoms with E-state index in [0.717, 1.165) is 44.2 Å². The minimum absolute atomic E-state index is 0.106. The summed E-state index contributed by atoms with van der Waals surface area (Å²) in [6, 6.07) is 2.19. The van der Waals surface area contributed by atoms with Gasteiger partial charge in [0.05, 0.1) is 13.0 Å². The number of aromatic nitrogens is 2. The summed E-state index contributed by atoms with van der Waals surface area (Å²) in [5.41, 5.74) is 0. The van der Waals surface area contributed by atoms with Gasteiger partial charge in [-0.25, -0.2) is 9.97 Å². The van der Waals surface area contributed by atoms with Gasteiger partial charge >= 0.3 is 0 Å². The minimum Gasteiger partial charge on any atom is -0.481 e. The van der Waals surface area contributed by atoms with Crippen molar-refractivity contribution in [2.45, 2.75) is 38.1 Å². The summed E-state index contributed by atoms with van der Waals surface area (Å²) < 4.78 is 5.21. The Morgan fingerprint density at radius 2 is 2.09 bits per heavy atom. The van der Waals surface area contributed by atoms with Crippen molar-refractivity contribution in [3.8, 4) is 5.88 Å². The molecule has 2 unspecified atom stereocenters. The number of rotatable bonds is 4. The second kappa shape index (κ2) is 5.98. The molecule has 5 rings (SSSR count). The van der Waals surface area contributed by atoms with Gasteiger partial charge in [0.25, 0.3) is 0 Å². The largest absolute Gasteiger partial charge is 0.481 e. The first-order chi connectivity index (χ1) is 11.2. The van der Waals surface area contributed by atoms with Gasteiger partial charge in [-0.3, -0.25) is 4.79 Å². The summed E-state index contributed by atoms with van der Waals surface area (Å²) in [7, 11) is 1.61. The molecule has 1 saturated carbocycles. The third kappa shape index (κ3) is 2.75. The molecule has 4 aliphatic rings. The topological polar surface area (TPSA) is 58.6 Å². The molecule has 6 heteroatoms. The number of carbonyl (C=O) groups excluding carboxylic acids is 1. The predicted molar refractivity (Wildman–Crippen MR) is 86.4 cm³/mol. The van der Waals surface area contributed by atoms with Crippen LogP contribution in [0, 0.1) is 11.8 Å². The van der Waals surface area contributed by atoms with Crippen LogP contribution in [-0.4, -0.2) is 53.6 Å². The van der Waals surface area contributed by atoms with Gasteiger partial charge in [-0.1, -0.05) is 6.42 Å². The molecular formula is C17H24N4O2. The highest BCUT2D eigenvalue weighted by molar-refractivity contribution is 5.81. The van der Waals surface area contributed by atoms with Crippen molar-refractivity contribution >= 4 is 11.7 Å². The van der Waals surface area contributed by atoms with Crippen molar-refractivity contribution in [1.82, 2.24) is 14.9 Å². The minimum atomic E-state index is 0.106. The van der Waals surface area contributed by atoms with Gasteiger partial charge in [0.1, 0.15) is 12.1 Å². The van der Waals surface area contributed by atoms with E-state index >= 15 is 0 Å². The van der Waals surface area contributed by atoms with E-state index in [-0.39, 0.29) is 5.92 Å². The van der Waals surface area contributed by atoms with Gasteiger partial charge in [-0.15, -0.1) is 0 Å². The number of ether oxygens (including phenoxy) is 1. The molecule has 2 bridgehead atoms. The van der Waals surface area contributed by atoms with E-state index in [9.17, 15) is 4.79 Å². The van der Waals surface area contributed by atoms with Crippen LogP contribution < -0.4 is 9.64 Å². The summed E-state index contributed by atoms with van der Waals surface area (Å²) in [4.78, 5) is 25.7. The SMILES string of the molecule is COc1cc(N2CC3CCC(C2)N(CC2CCC2)C3=O)ncn1. The van der Waals surface area contributed by atoms with E-state index in [4.69, 9.17) is 4.74 Å². The molecule has 23 heavy (non-hydrogen) atoms. The molecule has 4 fully saturated rings. The van der Waals surface area contributed by atoms with Crippen molar-refractivity contribution in [3.63, 3.8) is 0 Å². The standard InChI is InChI=1S/C17H24N4O2/c1-23-16-7-15(18-11-19-16)20-9-13-5-6-14(10-20)21(17(13)22)8-12-3-2-4-12/h7,11-14H,2-6,8-10H2,1H3. The zero-order valence-corrected chi connectivity index (χ0v) is 13.6. The Morgan fingerprint density at radius 3 is 2.83 bits per heavy atom. The third-order valence-corrected chi connectivity index (χ3v) is 5.63. The van der Waals surface area contributed by atoms with Crippen molar-refractivity contribution in [2.75, 3.05) is 31.6 Å². The predicted octanol–water partition coefficient (Wildman–Crippen LogP) is 1.71. The highest BCUT2D eigenvalue weighted by Crippen LogP contribution is 2.35. The number of nitrogens with zero attached hydrogens (tertiary/aromatic N) is 4. The second-order valence-electron chi connectivity index (χ2n) is 7.04. The monoisotopic (exact) mass is 316 g/mol. The Kier molecular flexibility index (Phi) is 3.83. The van der Waals surface area contributed by atoms with E-state index in [0.29, 0.717) is 17.8 Å². The van der Waals surface area contributed by atoms with Gasteiger partial charge < -0.3 is 14.5 Å². The fraction of sp³-hybridized carbons (Fsp3) is 0.706. The lowest BCUT2D eigenvalue weighted by atomic mass is 9.83. The van der Waals surface area contributed by atoms with Gasteiger partial charge in [0.2, 0.25) is 11.8 Å². The second-order valence-corrected chi connectivity index (χ2v) is 7.04. The summed E-state index contributed by atoms with van der Waals surface area (Å²) in [6.45, 7) is 2.59. The van der Waals surface area contributed by atoms with Crippen LogP contribution in [0.3, 0.4) is 0 Å². The number of hydrogen-bond donors (Lipinski definition) is 0. The number of amides is 1. The maximum absolute atomic E-state index is 12.8. The van der Waals surface area contributed by atoms with Gasteiger partial charge in [0.15, 0.2) is 0 Å². The Balaban J connectivity index is 1.55. The molecule has 3 aliphatic heterocycles. The number of fused-ring (bicyclic) bond motifs is 4. The van der Waals surface area contributed by atoms with Crippen LogP contribution in [0.1, 0.15) is 32.1 Å². The molecular weight excluding hydrogens is 292 g/mol. The number of anilines is 1. The smallest absolute Gasteiger partial charge is 0.227 e. The molecule has 4 heterocycles. The Morgan fingerprint density at radius 1 is 1.22 bits per heavy atom. The average molecular weight is 316 g/mol. The fourth-order valence-electron chi connectivity index (χ4n) is 4.04. The molecule has 1 aromatic rings. The molecule has 1 amide bonds. The Bertz CT molecular complexity index is 590. The number of methoxy groups -OCH3 is 1. The molecule has 1 aliphatic carbocycles. The van der Waals surface area contributed by atoms with E-state index in [2.05, 4.69) is 19.8 Å². The quantitative estimate of drug-likeness (QED) is 0.846. The molecule has 0 aromatic carbocycles. The van der Waals surface area contributed by atoms with Crippen molar-refractivity contribution in [2.24, 2.45) is 11.8 Å². The first-order valence-corrected chi connectivity index (χ1v) is 8.66. The molecule has 0 spiro atoms. The number of piperidine rings is 1. The van der Waals surface area contributed by atoms with Crippen LogP contribution in [0.25, 0.3) is 0 Å². The molecule has 124 valence electrons. The van der Waals surface area contributed by atoms with Crippen LogP contribution in [0.4, 0.5) is 5.82 Å². The van der Waals surface area contributed by atoms with Gasteiger partial charge in [-0.05, 0) is 31.6 Å². The van der Waals surface area contributed by atoms with E-state index in [1.54, 1.807) is 7.11 Å². The van der Waals surface area contributed by atoms with E-state index in [1.807, 2.05) is 6.07 Å². The average Bonchev–Trinajstić information content (AvgIpc) is 2.83. The fourth-order valence-corrected chi connectivity index (χ4v) is 4.04. The van der Waals surface area contributed by atoms with E-state index < -0.39 is 0 Å². The number of carbonyl (C=O) groups is 1. The van der Waals surface area contributed by atoms with Crippen LogP contribution in [0.15, 0.2) is 12.4 Å². The molecule has 2 atom stereocenters.